The van der Waals surface area contributed by atoms with Crippen molar-refractivity contribution in [2.45, 2.75) is 371 Å². The van der Waals surface area contributed by atoms with Gasteiger partial charge in [0.2, 0.25) is 0 Å². The van der Waals surface area contributed by atoms with E-state index in [2.05, 4.69) is 89.2 Å². The van der Waals surface area contributed by atoms with Crippen LogP contribution in [-0.4, -0.2) is 115 Å². The van der Waals surface area contributed by atoms with E-state index in [1.54, 1.807) is 0 Å². The van der Waals surface area contributed by atoms with Crippen LogP contribution in [0.3, 0.4) is 0 Å². The molecule has 0 aromatic rings. The van der Waals surface area contributed by atoms with Crippen LogP contribution in [0.5, 0.6) is 0 Å². The molecule has 0 unspecified atom stereocenters. The lowest BCUT2D eigenvalue weighted by Gasteiger charge is -2.56. The SMILES string of the molecule is CCCCCCCCON1C(C)(C)CC2(CC1(C)C)OC1(CCCCCCCCCCC1)N(CC(CN1C(=O)C3(CC(C)(C)N(OCCCCCCCC)C(C)(C)C3)OC13CCCCCCCCCCC3)OC(C)=O)C2=O. The van der Waals surface area contributed by atoms with Crippen molar-refractivity contribution >= 4 is 17.8 Å². The van der Waals surface area contributed by atoms with E-state index >= 15 is 9.59 Å². The lowest BCUT2D eigenvalue weighted by molar-refractivity contribution is -0.310. The van der Waals surface area contributed by atoms with E-state index in [9.17, 15) is 4.79 Å². The van der Waals surface area contributed by atoms with Gasteiger partial charge in [-0.15, -0.1) is 0 Å². The minimum atomic E-state index is -1.10. The number of carbonyl (C=O) groups excluding carboxylic acids is 3. The molecule has 2 aliphatic carbocycles. The molecule has 12 nitrogen and oxygen atoms in total. The van der Waals surface area contributed by atoms with Crippen LogP contribution in [0.1, 0.15) is 320 Å². The molecule has 12 heteroatoms. The molecule has 4 aliphatic heterocycles. The summed E-state index contributed by atoms with van der Waals surface area (Å²) in [5.41, 5.74) is -6.00. The van der Waals surface area contributed by atoms with Gasteiger partial charge in [0, 0.05) is 54.8 Å². The molecule has 6 aliphatic rings. The van der Waals surface area contributed by atoms with Gasteiger partial charge in [-0.05, 0) is 120 Å². The number of hydroxylamine groups is 4. The highest BCUT2D eigenvalue weighted by Gasteiger charge is 2.69. The summed E-state index contributed by atoms with van der Waals surface area (Å²) in [5, 5.41) is 4.38. The summed E-state index contributed by atoms with van der Waals surface area (Å²) in [6, 6.07) is 0. The van der Waals surface area contributed by atoms with Crippen LogP contribution in [0.25, 0.3) is 0 Å². The molecule has 2 saturated carbocycles. The van der Waals surface area contributed by atoms with Crippen molar-refractivity contribution in [1.82, 2.24) is 19.9 Å². The lowest BCUT2D eigenvalue weighted by atomic mass is 9.72. The Morgan fingerprint density at radius 1 is 0.442 bits per heavy atom. The first-order chi connectivity index (χ1) is 36.6. The summed E-state index contributed by atoms with van der Waals surface area (Å²) in [7, 11) is 0. The maximum atomic E-state index is 16.2. The quantitative estimate of drug-likeness (QED) is 0.0814. The van der Waals surface area contributed by atoms with Crippen LogP contribution in [0, 0.1) is 0 Å². The van der Waals surface area contributed by atoms with E-state index in [-0.39, 0.29) is 24.9 Å². The normalized spacial score (nSPS) is 26.0. The van der Waals surface area contributed by atoms with Crippen LogP contribution in [0.15, 0.2) is 0 Å². The van der Waals surface area contributed by atoms with Gasteiger partial charge in [-0.25, -0.2) is 0 Å². The first-order valence-electron chi connectivity index (χ1n) is 32.7. The summed E-state index contributed by atoms with van der Waals surface area (Å²) >= 11 is 0. The van der Waals surface area contributed by atoms with E-state index in [0.29, 0.717) is 38.9 Å². The second-order valence-corrected chi connectivity index (χ2v) is 28.3. The zero-order valence-corrected chi connectivity index (χ0v) is 51.8. The summed E-state index contributed by atoms with van der Waals surface area (Å²) < 4.78 is 22.1. The third-order valence-electron chi connectivity index (χ3n) is 18.9. The minimum absolute atomic E-state index is 0.00325. The van der Waals surface area contributed by atoms with Crippen molar-refractivity contribution in [2.24, 2.45) is 0 Å². The molecule has 0 aromatic carbocycles. The fourth-order valence-corrected chi connectivity index (χ4v) is 16.2. The Kier molecular flexibility index (Phi) is 24.2. The van der Waals surface area contributed by atoms with Gasteiger partial charge < -0.3 is 24.0 Å². The standard InChI is InChI=1S/C65H118N4O8/c1-12-14-16-18-34-40-46-73-68-58(4,5)50-62(51-59(68,6)7)56(71)66(64(76-62)42-36-30-26-22-20-23-27-31-37-43-64)48-55(75-54(3)70)49-67-57(72)63(77-65(67)44-38-32-28-24-21-25-29-33-39-45-65)52-60(8,9)69(61(10,11)53-63)74-47-41-35-19-17-15-13-2/h55H,12-53H2,1-11H3. The first-order valence-corrected chi connectivity index (χ1v) is 32.7. The van der Waals surface area contributed by atoms with Crippen molar-refractivity contribution in [1.29, 1.82) is 0 Å². The highest BCUT2D eigenvalue weighted by Crippen LogP contribution is 2.56. The number of piperidine rings is 2. The number of nitrogens with zero attached hydrogens (tertiary/aromatic N) is 4. The average Bonchev–Trinajstić information content (AvgIpc) is 3.75. The number of amides is 2. The summed E-state index contributed by atoms with van der Waals surface area (Å²) in [4.78, 5) is 63.6. The fourth-order valence-electron chi connectivity index (χ4n) is 16.2. The van der Waals surface area contributed by atoms with Gasteiger partial charge >= 0.3 is 5.97 Å². The fraction of sp³-hybridized carbons (Fsp3) is 0.954. The Morgan fingerprint density at radius 2 is 0.714 bits per heavy atom. The van der Waals surface area contributed by atoms with Gasteiger partial charge in [-0.1, -0.05) is 168 Å². The molecular formula is C65H118N4O8. The molecule has 6 fully saturated rings. The predicted octanol–water partition coefficient (Wildman–Crippen LogP) is 16.0. The van der Waals surface area contributed by atoms with E-state index < -0.39 is 56.9 Å². The number of esters is 1. The minimum Gasteiger partial charge on any atom is -0.459 e. The highest BCUT2D eigenvalue weighted by atomic mass is 16.7. The van der Waals surface area contributed by atoms with Crippen LogP contribution in [0.4, 0.5) is 0 Å². The maximum Gasteiger partial charge on any atom is 0.303 e. The van der Waals surface area contributed by atoms with Crippen LogP contribution < -0.4 is 0 Å². The summed E-state index contributed by atoms with van der Waals surface area (Å²) in [6.45, 7) is 25.4. The van der Waals surface area contributed by atoms with Crippen molar-refractivity contribution < 1.29 is 38.3 Å². The average molecular weight is 1080 g/mol. The van der Waals surface area contributed by atoms with Crippen LogP contribution in [-0.2, 0) is 38.3 Å². The van der Waals surface area contributed by atoms with Gasteiger partial charge in [-0.2, -0.15) is 10.1 Å². The van der Waals surface area contributed by atoms with Gasteiger partial charge in [0.25, 0.3) is 11.8 Å². The first kappa shape index (κ1) is 64.3. The molecule has 2 amide bonds. The molecule has 0 N–H and O–H groups in total. The van der Waals surface area contributed by atoms with Gasteiger partial charge in [0.1, 0.15) is 17.6 Å². The van der Waals surface area contributed by atoms with E-state index in [1.807, 2.05) is 0 Å². The molecule has 446 valence electrons. The largest absolute Gasteiger partial charge is 0.459 e. The Hall–Kier alpha value is -1.83. The number of carbonyl (C=O) groups is 3. The van der Waals surface area contributed by atoms with Crippen LogP contribution >= 0.6 is 0 Å². The maximum absolute atomic E-state index is 16.2. The molecule has 0 radical (unpaired) electrons. The van der Waals surface area contributed by atoms with E-state index in [1.165, 1.54) is 122 Å². The van der Waals surface area contributed by atoms with Gasteiger partial charge in [0.15, 0.2) is 11.2 Å². The Morgan fingerprint density at radius 3 is 1.00 bits per heavy atom. The monoisotopic (exact) mass is 1080 g/mol. The van der Waals surface area contributed by atoms with Crippen LogP contribution in [0.2, 0.25) is 0 Å². The number of hydrogen-bond donors (Lipinski definition) is 0. The highest BCUT2D eigenvalue weighted by molar-refractivity contribution is 5.89. The molecule has 0 atom stereocenters. The number of rotatable bonds is 21. The molecular weight excluding hydrogens is 965 g/mol. The van der Waals surface area contributed by atoms with Crippen molar-refractivity contribution in [2.75, 3.05) is 26.3 Å². The zero-order valence-electron chi connectivity index (χ0n) is 51.8. The molecule has 4 saturated heterocycles. The molecule has 0 bridgehead atoms. The Balaban J connectivity index is 1.35. The second-order valence-electron chi connectivity index (χ2n) is 28.3. The topological polar surface area (TPSA) is 110 Å². The third kappa shape index (κ3) is 16.7. The summed E-state index contributed by atoms with van der Waals surface area (Å²) in [5.74, 6) is -0.413. The third-order valence-corrected chi connectivity index (χ3v) is 18.9. The summed E-state index contributed by atoms with van der Waals surface area (Å²) in [6.07, 6.45) is 38.8. The smallest absolute Gasteiger partial charge is 0.303 e. The van der Waals surface area contributed by atoms with Crippen molar-refractivity contribution in [3.05, 3.63) is 0 Å². The Bertz CT molecular complexity index is 1640. The zero-order chi connectivity index (χ0) is 55.9. The van der Waals surface area contributed by atoms with E-state index in [0.717, 1.165) is 103 Å². The number of ether oxygens (including phenoxy) is 3. The molecule has 0 aromatic heterocycles. The Labute approximate surface area is 471 Å². The molecule has 6 rings (SSSR count). The number of hydrogen-bond acceptors (Lipinski definition) is 10. The van der Waals surface area contributed by atoms with Gasteiger partial charge in [0.05, 0.1) is 26.3 Å². The lowest BCUT2D eigenvalue weighted by Crippen LogP contribution is -2.67. The second kappa shape index (κ2) is 28.9. The van der Waals surface area contributed by atoms with E-state index in [4.69, 9.17) is 23.9 Å². The molecule has 4 spiro atoms. The molecule has 4 heterocycles. The molecule has 77 heavy (non-hydrogen) atoms. The van der Waals surface area contributed by atoms with Crippen molar-refractivity contribution in [3.63, 3.8) is 0 Å². The van der Waals surface area contributed by atoms with Crippen molar-refractivity contribution in [3.8, 4) is 0 Å². The number of unbranched alkanes of at least 4 members (excludes halogenated alkanes) is 10. The van der Waals surface area contributed by atoms with Gasteiger partial charge in [-0.3, -0.25) is 24.1 Å². The predicted molar refractivity (Wildman–Crippen MR) is 311 cm³/mol.